The first-order valence-electron chi connectivity index (χ1n) is 10.9. The smallest absolute Gasteiger partial charge is 0.290 e. The third-order valence-electron chi connectivity index (χ3n) is 6.26. The van der Waals surface area contributed by atoms with Crippen LogP contribution in [0.1, 0.15) is 33.6 Å². The first-order valence-corrected chi connectivity index (χ1v) is 10.9. The summed E-state index contributed by atoms with van der Waals surface area (Å²) in [4.78, 5) is 15.2. The van der Waals surface area contributed by atoms with Gasteiger partial charge >= 0.3 is 0 Å². The van der Waals surface area contributed by atoms with E-state index in [0.717, 1.165) is 61.4 Å². The lowest BCUT2D eigenvalue weighted by Gasteiger charge is -2.30. The summed E-state index contributed by atoms with van der Waals surface area (Å²) < 4.78 is 7.57. The standard InChI is InChI=1S/C23H30N6O2/c1-22(2)13-24-9-10-29(14-22)19-12-18(27-28(4)21(19)30)20-16-11-15(31-23(3)7-8-23)5-6-17(16)25-26-20/h5-6,11-12,24H,7-10,13-14H2,1-4H3,(H,25,26). The predicted molar refractivity (Wildman–Crippen MR) is 122 cm³/mol. The van der Waals surface area contributed by atoms with Crippen LogP contribution in [0.4, 0.5) is 5.69 Å². The Labute approximate surface area is 181 Å². The maximum absolute atomic E-state index is 13.0. The highest BCUT2D eigenvalue weighted by atomic mass is 16.5. The van der Waals surface area contributed by atoms with Crippen LogP contribution in [0.15, 0.2) is 29.1 Å². The Hall–Kier alpha value is -2.87. The summed E-state index contributed by atoms with van der Waals surface area (Å²) in [5, 5.41) is 16.6. The largest absolute Gasteiger partial charge is 0.488 e. The van der Waals surface area contributed by atoms with Gasteiger partial charge in [0.1, 0.15) is 28.4 Å². The Kier molecular flexibility index (Phi) is 4.58. The van der Waals surface area contributed by atoms with E-state index in [1.807, 2.05) is 24.3 Å². The van der Waals surface area contributed by atoms with Crippen molar-refractivity contribution in [3.05, 3.63) is 34.6 Å². The Balaban J connectivity index is 1.57. The lowest BCUT2D eigenvalue weighted by atomic mass is 9.93. The van der Waals surface area contributed by atoms with Crippen molar-refractivity contribution >= 4 is 16.6 Å². The van der Waals surface area contributed by atoms with E-state index in [1.165, 1.54) is 4.68 Å². The summed E-state index contributed by atoms with van der Waals surface area (Å²) in [5.74, 6) is 0.834. The fourth-order valence-corrected chi connectivity index (χ4v) is 4.25. The SMILES string of the molecule is Cn1nc(-c2n[nH]c3ccc(OC4(C)CC4)cc23)cc(N2CCNCC(C)(C)C2)c1=O. The quantitative estimate of drug-likeness (QED) is 0.672. The molecule has 1 saturated carbocycles. The second-order valence-corrected chi connectivity index (χ2v) is 9.94. The van der Waals surface area contributed by atoms with Gasteiger partial charge in [-0.15, -0.1) is 0 Å². The number of benzene rings is 1. The number of nitrogens with one attached hydrogen (secondary N) is 2. The number of H-pyrrole nitrogens is 1. The van der Waals surface area contributed by atoms with Crippen molar-refractivity contribution < 1.29 is 4.74 Å². The first-order chi connectivity index (χ1) is 14.7. The van der Waals surface area contributed by atoms with E-state index < -0.39 is 0 Å². The van der Waals surface area contributed by atoms with Crippen molar-refractivity contribution in [1.82, 2.24) is 25.3 Å². The van der Waals surface area contributed by atoms with Crippen molar-refractivity contribution in [3.8, 4) is 17.1 Å². The van der Waals surface area contributed by atoms with E-state index in [-0.39, 0.29) is 16.6 Å². The molecular formula is C23H30N6O2. The van der Waals surface area contributed by atoms with Crippen LogP contribution < -0.4 is 20.5 Å². The van der Waals surface area contributed by atoms with E-state index >= 15 is 0 Å². The molecule has 2 fully saturated rings. The Morgan fingerprint density at radius 1 is 1.16 bits per heavy atom. The van der Waals surface area contributed by atoms with Crippen molar-refractivity contribution in [3.63, 3.8) is 0 Å². The maximum atomic E-state index is 13.0. The molecule has 8 heteroatoms. The molecule has 2 N–H and O–H groups in total. The molecule has 1 saturated heterocycles. The third-order valence-corrected chi connectivity index (χ3v) is 6.26. The summed E-state index contributed by atoms with van der Waals surface area (Å²) in [6.07, 6.45) is 2.16. The molecule has 1 aliphatic carbocycles. The van der Waals surface area contributed by atoms with Crippen molar-refractivity contribution in [2.75, 3.05) is 31.1 Å². The van der Waals surface area contributed by atoms with Crippen molar-refractivity contribution in [2.45, 2.75) is 39.2 Å². The van der Waals surface area contributed by atoms with Crippen LogP contribution in [0.2, 0.25) is 0 Å². The molecule has 0 unspecified atom stereocenters. The second kappa shape index (κ2) is 7.09. The molecule has 1 aromatic carbocycles. The van der Waals surface area contributed by atoms with Crippen LogP contribution in [0, 0.1) is 5.41 Å². The van der Waals surface area contributed by atoms with Crippen molar-refractivity contribution in [2.24, 2.45) is 12.5 Å². The number of aromatic nitrogens is 4. The van der Waals surface area contributed by atoms with Crippen LogP contribution in [0.3, 0.4) is 0 Å². The van der Waals surface area contributed by atoms with Crippen LogP contribution in [0.5, 0.6) is 5.75 Å². The average molecular weight is 423 g/mol. The number of aryl methyl sites for hydroxylation is 1. The molecule has 164 valence electrons. The number of hydrogen-bond donors (Lipinski definition) is 2. The van der Waals surface area contributed by atoms with Gasteiger partial charge in [0.05, 0.1) is 5.52 Å². The van der Waals surface area contributed by atoms with E-state index in [9.17, 15) is 4.79 Å². The van der Waals surface area contributed by atoms with Gasteiger partial charge < -0.3 is 15.0 Å². The normalized spacial score (nSPS) is 19.9. The van der Waals surface area contributed by atoms with E-state index in [1.54, 1.807) is 7.05 Å². The fourth-order valence-electron chi connectivity index (χ4n) is 4.25. The van der Waals surface area contributed by atoms with Crippen LogP contribution in [-0.2, 0) is 7.05 Å². The zero-order valence-electron chi connectivity index (χ0n) is 18.7. The molecule has 0 bridgehead atoms. The number of aromatic amines is 1. The van der Waals surface area contributed by atoms with E-state index in [4.69, 9.17) is 4.74 Å². The lowest BCUT2D eigenvalue weighted by molar-refractivity contribution is 0.200. The monoisotopic (exact) mass is 422 g/mol. The number of rotatable bonds is 4. The first kappa shape index (κ1) is 20.1. The number of anilines is 1. The second-order valence-electron chi connectivity index (χ2n) is 9.94. The van der Waals surface area contributed by atoms with Crippen LogP contribution >= 0.6 is 0 Å². The Morgan fingerprint density at radius 2 is 1.97 bits per heavy atom. The predicted octanol–water partition coefficient (Wildman–Crippen LogP) is 2.69. The topological polar surface area (TPSA) is 88.1 Å². The van der Waals surface area contributed by atoms with Gasteiger partial charge in [-0.05, 0) is 49.4 Å². The lowest BCUT2D eigenvalue weighted by Crippen LogP contribution is -2.39. The van der Waals surface area contributed by atoms with Gasteiger partial charge in [-0.3, -0.25) is 9.89 Å². The van der Waals surface area contributed by atoms with Gasteiger partial charge in [0.2, 0.25) is 0 Å². The summed E-state index contributed by atoms with van der Waals surface area (Å²) in [5.41, 5.74) is 2.91. The number of ether oxygens (including phenoxy) is 1. The maximum Gasteiger partial charge on any atom is 0.290 e. The molecule has 1 aliphatic heterocycles. The minimum absolute atomic E-state index is 0.0484. The molecule has 3 heterocycles. The molecule has 31 heavy (non-hydrogen) atoms. The molecule has 0 radical (unpaired) electrons. The Morgan fingerprint density at radius 3 is 2.74 bits per heavy atom. The highest BCUT2D eigenvalue weighted by Crippen LogP contribution is 2.40. The summed E-state index contributed by atoms with van der Waals surface area (Å²) in [6.45, 7) is 9.91. The molecule has 2 aromatic heterocycles. The van der Waals surface area contributed by atoms with Gasteiger partial charge in [-0.2, -0.15) is 10.2 Å². The zero-order chi connectivity index (χ0) is 21.8. The molecule has 0 spiro atoms. The molecular weight excluding hydrogens is 392 g/mol. The van der Waals surface area contributed by atoms with Crippen LogP contribution in [0.25, 0.3) is 22.3 Å². The summed E-state index contributed by atoms with van der Waals surface area (Å²) in [6, 6.07) is 7.86. The highest BCUT2D eigenvalue weighted by molar-refractivity contribution is 5.93. The molecule has 0 amide bonds. The molecule has 0 atom stereocenters. The Bertz CT molecular complexity index is 1190. The zero-order valence-corrected chi connectivity index (χ0v) is 18.7. The highest BCUT2D eigenvalue weighted by Gasteiger charge is 2.40. The van der Waals surface area contributed by atoms with Crippen molar-refractivity contribution in [1.29, 1.82) is 0 Å². The fraction of sp³-hybridized carbons (Fsp3) is 0.522. The molecule has 2 aliphatic rings. The number of fused-ring (bicyclic) bond motifs is 1. The number of nitrogens with zero attached hydrogens (tertiary/aromatic N) is 4. The number of hydrogen-bond acceptors (Lipinski definition) is 6. The summed E-state index contributed by atoms with van der Waals surface area (Å²) in [7, 11) is 1.70. The molecule has 8 nitrogen and oxygen atoms in total. The van der Waals surface area contributed by atoms with E-state index in [0.29, 0.717) is 11.4 Å². The van der Waals surface area contributed by atoms with E-state index in [2.05, 4.69) is 46.3 Å². The third kappa shape index (κ3) is 3.92. The van der Waals surface area contributed by atoms with Gasteiger partial charge in [0.25, 0.3) is 5.56 Å². The summed E-state index contributed by atoms with van der Waals surface area (Å²) >= 11 is 0. The van der Waals surface area contributed by atoms with Gasteiger partial charge in [-0.1, -0.05) is 13.8 Å². The minimum atomic E-state index is -0.0908. The van der Waals surface area contributed by atoms with Crippen LogP contribution in [-0.4, -0.2) is 51.8 Å². The minimum Gasteiger partial charge on any atom is -0.488 e. The molecule has 5 rings (SSSR count). The van der Waals surface area contributed by atoms with Gasteiger partial charge in [0.15, 0.2) is 0 Å². The van der Waals surface area contributed by atoms with Gasteiger partial charge in [-0.25, -0.2) is 4.68 Å². The average Bonchev–Trinajstić information content (AvgIpc) is 3.34. The van der Waals surface area contributed by atoms with Gasteiger partial charge in [0, 0.05) is 38.6 Å². The molecule has 3 aromatic rings.